The van der Waals surface area contributed by atoms with E-state index in [1.54, 1.807) is 11.8 Å². The SMILES string of the molecule is Cc1ccc(Br)c(C(=O)NC2(C#N)CCSC2)c1. The topological polar surface area (TPSA) is 52.9 Å². The maximum Gasteiger partial charge on any atom is 0.253 e. The van der Waals surface area contributed by atoms with Crippen LogP contribution >= 0.6 is 27.7 Å². The molecule has 3 nitrogen and oxygen atoms in total. The quantitative estimate of drug-likeness (QED) is 0.910. The van der Waals surface area contributed by atoms with Gasteiger partial charge in [-0.2, -0.15) is 17.0 Å². The normalized spacial score (nSPS) is 22.5. The maximum absolute atomic E-state index is 12.2. The van der Waals surface area contributed by atoms with Crippen molar-refractivity contribution < 1.29 is 4.79 Å². The fourth-order valence-electron chi connectivity index (χ4n) is 1.88. The van der Waals surface area contributed by atoms with Crippen molar-refractivity contribution in [2.75, 3.05) is 11.5 Å². The molecule has 1 N–H and O–H groups in total. The van der Waals surface area contributed by atoms with Gasteiger partial charge in [-0.1, -0.05) is 11.6 Å². The average Bonchev–Trinajstić information content (AvgIpc) is 2.81. The molecule has 1 aromatic rings. The number of nitrogens with one attached hydrogen (secondary N) is 1. The molecule has 1 aromatic carbocycles. The minimum Gasteiger partial charge on any atom is -0.333 e. The van der Waals surface area contributed by atoms with E-state index in [1.807, 2.05) is 25.1 Å². The first-order valence-corrected chi connectivity index (χ1v) is 7.59. The molecule has 1 saturated heterocycles. The van der Waals surface area contributed by atoms with Crippen molar-refractivity contribution in [1.29, 1.82) is 5.26 Å². The molecule has 1 atom stereocenters. The molecule has 1 fully saturated rings. The van der Waals surface area contributed by atoms with Crippen LogP contribution in [0.1, 0.15) is 22.3 Å². The van der Waals surface area contributed by atoms with Gasteiger partial charge < -0.3 is 5.32 Å². The van der Waals surface area contributed by atoms with Crippen LogP contribution in [0.4, 0.5) is 0 Å². The summed E-state index contributed by atoms with van der Waals surface area (Å²) in [6.07, 6.45) is 0.712. The van der Waals surface area contributed by atoms with Crippen molar-refractivity contribution in [1.82, 2.24) is 5.32 Å². The lowest BCUT2D eigenvalue weighted by Gasteiger charge is -2.21. The number of rotatable bonds is 2. The highest BCUT2D eigenvalue weighted by Gasteiger charge is 2.36. The summed E-state index contributed by atoms with van der Waals surface area (Å²) in [4.78, 5) is 12.2. The van der Waals surface area contributed by atoms with Crippen molar-refractivity contribution in [3.05, 3.63) is 33.8 Å². The van der Waals surface area contributed by atoms with Crippen LogP contribution in [0.5, 0.6) is 0 Å². The fraction of sp³-hybridized carbons (Fsp3) is 0.385. The lowest BCUT2D eigenvalue weighted by atomic mass is 10.00. The molecule has 0 bridgehead atoms. The Hall–Kier alpha value is -0.990. The van der Waals surface area contributed by atoms with Gasteiger partial charge in [0.25, 0.3) is 5.91 Å². The maximum atomic E-state index is 12.2. The standard InChI is InChI=1S/C13H13BrN2OS/c1-9-2-3-11(14)10(6-9)12(17)16-13(7-15)4-5-18-8-13/h2-3,6H,4-5,8H2,1H3,(H,16,17). The second-order valence-electron chi connectivity index (χ2n) is 4.43. The molecule has 0 radical (unpaired) electrons. The minimum absolute atomic E-state index is 0.186. The summed E-state index contributed by atoms with van der Waals surface area (Å²) in [5.41, 5.74) is 0.905. The summed E-state index contributed by atoms with van der Waals surface area (Å²) in [5, 5.41) is 12.1. The molecular formula is C13H13BrN2OS. The first-order valence-electron chi connectivity index (χ1n) is 5.64. The molecule has 18 heavy (non-hydrogen) atoms. The zero-order valence-corrected chi connectivity index (χ0v) is 12.4. The monoisotopic (exact) mass is 324 g/mol. The Labute approximate surface area is 119 Å². The van der Waals surface area contributed by atoms with Gasteiger partial charge in [0, 0.05) is 10.2 Å². The molecule has 1 unspecified atom stereocenters. The van der Waals surface area contributed by atoms with Crippen molar-refractivity contribution in [3.8, 4) is 6.07 Å². The average molecular weight is 325 g/mol. The van der Waals surface area contributed by atoms with E-state index in [9.17, 15) is 10.1 Å². The van der Waals surface area contributed by atoms with Crippen LogP contribution in [0.3, 0.4) is 0 Å². The summed E-state index contributed by atoms with van der Waals surface area (Å²) in [5.74, 6) is 1.40. The molecule has 0 aromatic heterocycles. The molecule has 1 heterocycles. The van der Waals surface area contributed by atoms with Gasteiger partial charge >= 0.3 is 0 Å². The van der Waals surface area contributed by atoms with Crippen molar-refractivity contribution in [2.24, 2.45) is 0 Å². The zero-order chi connectivity index (χ0) is 13.2. The number of thioether (sulfide) groups is 1. The number of hydrogen-bond donors (Lipinski definition) is 1. The molecule has 0 aliphatic carbocycles. The Morgan fingerprint density at radius 2 is 2.39 bits per heavy atom. The Morgan fingerprint density at radius 3 is 3.00 bits per heavy atom. The second-order valence-corrected chi connectivity index (χ2v) is 6.39. The lowest BCUT2D eigenvalue weighted by Crippen LogP contribution is -2.47. The van der Waals surface area contributed by atoms with E-state index in [4.69, 9.17) is 0 Å². The number of nitriles is 1. The highest BCUT2D eigenvalue weighted by molar-refractivity contribution is 9.10. The van der Waals surface area contributed by atoms with Gasteiger partial charge in [-0.15, -0.1) is 0 Å². The minimum atomic E-state index is -0.703. The van der Waals surface area contributed by atoms with E-state index in [2.05, 4.69) is 27.3 Å². The Balaban J connectivity index is 2.22. The molecule has 2 rings (SSSR count). The number of hydrogen-bond acceptors (Lipinski definition) is 3. The summed E-state index contributed by atoms with van der Waals surface area (Å²) < 4.78 is 0.754. The molecule has 0 saturated carbocycles. The molecule has 1 aliphatic rings. The highest BCUT2D eigenvalue weighted by atomic mass is 79.9. The summed E-state index contributed by atoms with van der Waals surface area (Å²) in [7, 11) is 0. The third-order valence-electron chi connectivity index (χ3n) is 2.95. The van der Waals surface area contributed by atoms with Gasteiger partial charge in [0.15, 0.2) is 0 Å². The fourth-order valence-corrected chi connectivity index (χ4v) is 3.57. The van der Waals surface area contributed by atoms with Gasteiger partial charge in [0.1, 0.15) is 5.54 Å². The van der Waals surface area contributed by atoms with E-state index in [0.717, 1.165) is 15.8 Å². The molecule has 5 heteroatoms. The van der Waals surface area contributed by atoms with Crippen molar-refractivity contribution in [3.63, 3.8) is 0 Å². The van der Waals surface area contributed by atoms with Crippen LogP contribution < -0.4 is 5.32 Å². The zero-order valence-electron chi connectivity index (χ0n) is 10.00. The third kappa shape index (κ3) is 2.70. The van der Waals surface area contributed by atoms with Crippen LogP contribution in [0.25, 0.3) is 0 Å². The third-order valence-corrected chi connectivity index (χ3v) is 4.84. The van der Waals surface area contributed by atoms with Gasteiger partial charge in [-0.25, -0.2) is 0 Å². The Morgan fingerprint density at radius 1 is 1.61 bits per heavy atom. The van der Waals surface area contributed by atoms with Crippen LogP contribution in [0, 0.1) is 18.3 Å². The summed E-state index contributed by atoms with van der Waals surface area (Å²) in [6.45, 7) is 1.94. The summed E-state index contributed by atoms with van der Waals surface area (Å²) >= 11 is 5.07. The molecule has 1 aliphatic heterocycles. The van der Waals surface area contributed by atoms with Gasteiger partial charge in [0.05, 0.1) is 11.6 Å². The highest BCUT2D eigenvalue weighted by Crippen LogP contribution is 2.28. The molecular weight excluding hydrogens is 312 g/mol. The smallest absolute Gasteiger partial charge is 0.253 e. The first-order chi connectivity index (χ1) is 8.56. The number of amides is 1. The predicted molar refractivity (Wildman–Crippen MR) is 76.6 cm³/mol. The largest absolute Gasteiger partial charge is 0.333 e. The Kier molecular flexibility index (Phi) is 3.98. The number of benzene rings is 1. The van der Waals surface area contributed by atoms with Crippen LogP contribution in [-0.2, 0) is 0 Å². The van der Waals surface area contributed by atoms with E-state index in [1.165, 1.54) is 0 Å². The van der Waals surface area contributed by atoms with Gasteiger partial charge in [-0.3, -0.25) is 4.79 Å². The second kappa shape index (κ2) is 5.33. The van der Waals surface area contributed by atoms with E-state index in [-0.39, 0.29) is 5.91 Å². The first kappa shape index (κ1) is 13.4. The van der Waals surface area contributed by atoms with Crippen molar-refractivity contribution >= 4 is 33.6 Å². The molecule has 0 spiro atoms. The van der Waals surface area contributed by atoms with Crippen LogP contribution in [0.15, 0.2) is 22.7 Å². The number of carbonyl (C=O) groups is 1. The number of carbonyl (C=O) groups excluding carboxylic acids is 1. The molecule has 1 amide bonds. The number of aryl methyl sites for hydroxylation is 1. The number of nitrogens with zero attached hydrogens (tertiary/aromatic N) is 1. The van der Waals surface area contributed by atoms with E-state index in [0.29, 0.717) is 17.7 Å². The van der Waals surface area contributed by atoms with Gasteiger partial charge in [-0.05, 0) is 47.2 Å². The van der Waals surface area contributed by atoms with Gasteiger partial charge in [0.2, 0.25) is 0 Å². The summed E-state index contributed by atoms with van der Waals surface area (Å²) in [6, 6.07) is 7.86. The van der Waals surface area contributed by atoms with Crippen LogP contribution in [-0.4, -0.2) is 23.0 Å². The lowest BCUT2D eigenvalue weighted by molar-refractivity contribution is 0.0925. The molecule has 94 valence electrons. The van der Waals surface area contributed by atoms with Crippen LogP contribution in [0.2, 0.25) is 0 Å². The number of halogens is 1. The van der Waals surface area contributed by atoms with E-state index < -0.39 is 5.54 Å². The Bertz CT molecular complexity index is 518. The predicted octanol–water partition coefficient (Wildman–Crippen LogP) is 2.89. The van der Waals surface area contributed by atoms with Crippen molar-refractivity contribution in [2.45, 2.75) is 18.9 Å². The van der Waals surface area contributed by atoms with E-state index >= 15 is 0 Å².